The summed E-state index contributed by atoms with van der Waals surface area (Å²) in [5, 5.41) is 2.22. The third kappa shape index (κ3) is 0.971. The number of fused-ring (bicyclic) bond motifs is 1. The minimum Gasteiger partial charge on any atom is -0.129 e. The summed E-state index contributed by atoms with van der Waals surface area (Å²) < 4.78 is 0. The molecule has 2 aliphatic rings. The predicted molar refractivity (Wildman–Crippen MR) is 46.9 cm³/mol. The van der Waals surface area contributed by atoms with Crippen LogP contribution in [-0.4, -0.2) is 5.75 Å². The van der Waals surface area contributed by atoms with Crippen LogP contribution >= 0.6 is 11.8 Å². The van der Waals surface area contributed by atoms with Gasteiger partial charge in [0.1, 0.15) is 0 Å². The molecule has 0 fully saturated rings. The van der Waals surface area contributed by atoms with Gasteiger partial charge in [-0.05, 0) is 16.6 Å². The number of hydrogen-bond acceptors (Lipinski definition) is 1. The molecule has 0 nitrogen and oxygen atoms in total. The molecule has 0 unspecified atom stereocenters. The van der Waals surface area contributed by atoms with E-state index in [0.29, 0.717) is 0 Å². The SMILES string of the molecule is C1=CC=C2CSC=C2C=C1. The molecule has 1 heteroatoms. The standard InChI is InChI=1S/C9H8S/c1-2-4-8-6-10-7-9(8)5-3-1/h1-6H,7H2. The molecule has 1 aliphatic heterocycles. The Bertz CT molecular complexity index is 254. The van der Waals surface area contributed by atoms with Gasteiger partial charge >= 0.3 is 0 Å². The molecule has 0 aromatic carbocycles. The maximum absolute atomic E-state index is 2.22. The Hall–Kier alpha value is -0.690. The third-order valence-corrected chi connectivity index (χ3v) is 2.51. The van der Waals surface area contributed by atoms with Crippen molar-refractivity contribution in [2.75, 3.05) is 5.75 Å². The molecule has 1 aliphatic carbocycles. The summed E-state index contributed by atoms with van der Waals surface area (Å²) in [4.78, 5) is 0. The number of thioether (sulfide) groups is 1. The van der Waals surface area contributed by atoms with E-state index >= 15 is 0 Å². The van der Waals surface area contributed by atoms with E-state index in [9.17, 15) is 0 Å². The fourth-order valence-electron chi connectivity index (χ4n) is 1.07. The molecule has 0 saturated heterocycles. The minimum absolute atomic E-state index is 1.14. The van der Waals surface area contributed by atoms with E-state index < -0.39 is 0 Å². The van der Waals surface area contributed by atoms with Gasteiger partial charge in [0.25, 0.3) is 0 Å². The van der Waals surface area contributed by atoms with Crippen molar-refractivity contribution in [1.82, 2.24) is 0 Å². The lowest BCUT2D eigenvalue weighted by Crippen LogP contribution is -1.80. The van der Waals surface area contributed by atoms with Gasteiger partial charge in [-0.3, -0.25) is 0 Å². The Morgan fingerprint density at radius 1 is 1.20 bits per heavy atom. The van der Waals surface area contributed by atoms with Crippen LogP contribution in [0.5, 0.6) is 0 Å². The van der Waals surface area contributed by atoms with Crippen LogP contribution in [0.1, 0.15) is 0 Å². The summed E-state index contributed by atoms with van der Waals surface area (Å²) in [6, 6.07) is 0. The van der Waals surface area contributed by atoms with Crippen LogP contribution in [0.2, 0.25) is 0 Å². The molecule has 0 spiro atoms. The Kier molecular flexibility index (Phi) is 1.52. The van der Waals surface area contributed by atoms with E-state index in [1.165, 1.54) is 11.1 Å². The van der Waals surface area contributed by atoms with Crippen molar-refractivity contribution >= 4 is 11.8 Å². The fraction of sp³-hybridized carbons (Fsp3) is 0.111. The lowest BCUT2D eigenvalue weighted by Gasteiger charge is -1.93. The summed E-state index contributed by atoms with van der Waals surface area (Å²) >= 11 is 1.87. The molecule has 50 valence electrons. The van der Waals surface area contributed by atoms with E-state index in [4.69, 9.17) is 0 Å². The Balaban J connectivity index is 2.42. The van der Waals surface area contributed by atoms with Crippen LogP contribution < -0.4 is 0 Å². The second-order valence-corrected chi connectivity index (χ2v) is 3.18. The fourth-order valence-corrected chi connectivity index (χ4v) is 2.00. The quantitative estimate of drug-likeness (QED) is 0.509. The van der Waals surface area contributed by atoms with Gasteiger partial charge in [-0.1, -0.05) is 30.4 Å². The molecule has 0 bridgehead atoms. The highest BCUT2D eigenvalue weighted by Crippen LogP contribution is 2.29. The predicted octanol–water partition coefficient (Wildman–Crippen LogP) is 2.67. The van der Waals surface area contributed by atoms with Crippen molar-refractivity contribution in [2.45, 2.75) is 0 Å². The summed E-state index contributed by atoms with van der Waals surface area (Å²) in [5.74, 6) is 1.14. The summed E-state index contributed by atoms with van der Waals surface area (Å²) in [7, 11) is 0. The van der Waals surface area contributed by atoms with Crippen molar-refractivity contribution in [3.8, 4) is 0 Å². The van der Waals surface area contributed by atoms with Gasteiger partial charge in [-0.15, -0.1) is 11.8 Å². The molecule has 0 amide bonds. The average molecular weight is 148 g/mol. The second kappa shape index (κ2) is 2.51. The summed E-state index contributed by atoms with van der Waals surface area (Å²) in [6.45, 7) is 0. The first-order valence-electron chi connectivity index (χ1n) is 3.33. The molecule has 0 N–H and O–H groups in total. The van der Waals surface area contributed by atoms with E-state index in [0.717, 1.165) is 5.75 Å². The van der Waals surface area contributed by atoms with Crippen LogP contribution in [0.25, 0.3) is 0 Å². The molecule has 0 radical (unpaired) electrons. The average Bonchev–Trinajstić information content (AvgIpc) is 2.28. The van der Waals surface area contributed by atoms with Gasteiger partial charge in [0.15, 0.2) is 0 Å². The monoisotopic (exact) mass is 148 g/mol. The van der Waals surface area contributed by atoms with E-state index in [1.807, 2.05) is 11.8 Å². The van der Waals surface area contributed by atoms with Crippen molar-refractivity contribution in [3.63, 3.8) is 0 Å². The second-order valence-electron chi connectivity index (χ2n) is 2.32. The van der Waals surface area contributed by atoms with E-state index in [1.54, 1.807) is 0 Å². The van der Waals surface area contributed by atoms with Gasteiger partial charge in [0.05, 0.1) is 0 Å². The first kappa shape index (κ1) is 6.05. The highest BCUT2D eigenvalue weighted by molar-refractivity contribution is 8.02. The molecule has 0 saturated carbocycles. The third-order valence-electron chi connectivity index (χ3n) is 1.62. The van der Waals surface area contributed by atoms with Crippen molar-refractivity contribution in [2.24, 2.45) is 0 Å². The van der Waals surface area contributed by atoms with Gasteiger partial charge in [-0.2, -0.15) is 0 Å². The highest BCUT2D eigenvalue weighted by Gasteiger charge is 2.08. The molecular formula is C9H8S. The molecule has 0 aromatic heterocycles. The van der Waals surface area contributed by atoms with E-state index in [-0.39, 0.29) is 0 Å². The van der Waals surface area contributed by atoms with Gasteiger partial charge in [0, 0.05) is 5.75 Å². The summed E-state index contributed by atoms with van der Waals surface area (Å²) in [6.07, 6.45) is 10.6. The normalized spacial score (nSPS) is 21.6. The topological polar surface area (TPSA) is 0 Å². The van der Waals surface area contributed by atoms with Crippen molar-refractivity contribution < 1.29 is 0 Å². The maximum atomic E-state index is 2.22. The molecule has 2 rings (SSSR count). The number of hydrogen-bond donors (Lipinski definition) is 0. The lowest BCUT2D eigenvalue weighted by molar-refractivity contribution is 1.50. The van der Waals surface area contributed by atoms with Crippen LogP contribution in [0.3, 0.4) is 0 Å². The molecule has 0 atom stereocenters. The van der Waals surface area contributed by atoms with Crippen LogP contribution in [0.15, 0.2) is 46.9 Å². The Labute approximate surface area is 65.0 Å². The van der Waals surface area contributed by atoms with Gasteiger partial charge in [0.2, 0.25) is 0 Å². The maximum Gasteiger partial charge on any atom is 0.0232 e. The zero-order valence-corrected chi connectivity index (χ0v) is 6.40. The highest BCUT2D eigenvalue weighted by atomic mass is 32.2. The zero-order valence-electron chi connectivity index (χ0n) is 5.58. The Morgan fingerprint density at radius 2 is 2.20 bits per heavy atom. The van der Waals surface area contributed by atoms with Crippen LogP contribution in [-0.2, 0) is 0 Å². The van der Waals surface area contributed by atoms with Crippen molar-refractivity contribution in [3.05, 3.63) is 46.9 Å². The van der Waals surface area contributed by atoms with Crippen LogP contribution in [0, 0.1) is 0 Å². The summed E-state index contributed by atoms with van der Waals surface area (Å²) in [5.41, 5.74) is 2.84. The first-order chi connectivity index (χ1) is 4.97. The number of rotatable bonds is 0. The first-order valence-corrected chi connectivity index (χ1v) is 4.38. The smallest absolute Gasteiger partial charge is 0.0232 e. The van der Waals surface area contributed by atoms with Gasteiger partial charge in [-0.25, -0.2) is 0 Å². The van der Waals surface area contributed by atoms with E-state index in [2.05, 4.69) is 35.8 Å². The Morgan fingerprint density at radius 3 is 3.20 bits per heavy atom. The molecule has 10 heavy (non-hydrogen) atoms. The molecule has 0 aromatic rings. The molecular weight excluding hydrogens is 140 g/mol. The van der Waals surface area contributed by atoms with Gasteiger partial charge < -0.3 is 0 Å². The largest absolute Gasteiger partial charge is 0.129 e. The zero-order chi connectivity index (χ0) is 6.81. The van der Waals surface area contributed by atoms with Crippen molar-refractivity contribution in [1.29, 1.82) is 0 Å². The number of allylic oxidation sites excluding steroid dienone is 6. The minimum atomic E-state index is 1.14. The molecule has 1 heterocycles. The lowest BCUT2D eigenvalue weighted by atomic mass is 10.1. The van der Waals surface area contributed by atoms with Crippen LogP contribution in [0.4, 0.5) is 0 Å².